The van der Waals surface area contributed by atoms with Crippen LogP contribution in [0.15, 0.2) is 74.7 Å². The molecule has 1 N–H and O–H groups in total. The van der Waals surface area contributed by atoms with Crippen LogP contribution in [0.1, 0.15) is 27.0 Å². The number of nitrogens with zero attached hydrogens (tertiary/aromatic N) is 1. The summed E-state index contributed by atoms with van der Waals surface area (Å²) in [4.78, 5) is 12.1. The number of nitrogens with one attached hydrogen (secondary N) is 1. The summed E-state index contributed by atoms with van der Waals surface area (Å²) in [5, 5.41) is 3.80. The van der Waals surface area contributed by atoms with Gasteiger partial charge in [0.2, 0.25) is 0 Å². The van der Waals surface area contributed by atoms with E-state index in [0.29, 0.717) is 20.3 Å². The molecule has 1 amide bonds. The summed E-state index contributed by atoms with van der Waals surface area (Å²) in [6.07, 6.45) is -3.20. The summed E-state index contributed by atoms with van der Waals surface area (Å²) in [6.45, 7) is 0.220. The molecule has 0 atom stereocenters. The van der Waals surface area contributed by atoms with Gasteiger partial charge in [0.05, 0.1) is 20.7 Å². The number of hydrazone groups is 1. The molecule has 0 radical (unpaired) electrons. The van der Waals surface area contributed by atoms with Gasteiger partial charge in [-0.25, -0.2) is 9.82 Å². The summed E-state index contributed by atoms with van der Waals surface area (Å²) < 4.78 is 58.3. The zero-order valence-corrected chi connectivity index (χ0v) is 19.3. The molecule has 3 aromatic rings. The summed E-state index contributed by atoms with van der Waals surface area (Å²) in [6, 6.07) is 13.3. The first-order chi connectivity index (χ1) is 15.1. The Labute approximate surface area is 197 Å². The minimum atomic E-state index is -4.54. The topological polar surface area (TPSA) is 50.7 Å². The molecule has 4 nitrogen and oxygen atoms in total. The van der Waals surface area contributed by atoms with Crippen molar-refractivity contribution in [3.8, 4) is 5.75 Å². The highest BCUT2D eigenvalue weighted by Gasteiger charge is 2.30. The van der Waals surface area contributed by atoms with Crippen molar-refractivity contribution < 1.29 is 27.1 Å². The summed E-state index contributed by atoms with van der Waals surface area (Å²) in [5.74, 6) is -0.593. The molecular weight excluding hydrogens is 560 g/mol. The normalized spacial score (nSPS) is 11.6. The van der Waals surface area contributed by atoms with Crippen molar-refractivity contribution in [2.75, 3.05) is 0 Å². The van der Waals surface area contributed by atoms with Crippen molar-refractivity contribution in [3.05, 3.63) is 97.7 Å². The van der Waals surface area contributed by atoms with Crippen LogP contribution in [-0.4, -0.2) is 12.1 Å². The van der Waals surface area contributed by atoms with Crippen molar-refractivity contribution in [1.82, 2.24) is 5.43 Å². The third kappa shape index (κ3) is 6.39. The molecule has 0 aliphatic heterocycles. The lowest BCUT2D eigenvalue weighted by Gasteiger charge is -2.11. The van der Waals surface area contributed by atoms with Crippen LogP contribution in [0.4, 0.5) is 17.6 Å². The van der Waals surface area contributed by atoms with Gasteiger partial charge in [0.15, 0.2) is 0 Å². The van der Waals surface area contributed by atoms with Crippen molar-refractivity contribution >= 4 is 44.0 Å². The number of carbonyl (C=O) groups excluding carboxylic acids is 1. The second-order valence-electron chi connectivity index (χ2n) is 6.51. The quantitative estimate of drug-likeness (QED) is 0.202. The number of benzene rings is 3. The van der Waals surface area contributed by atoms with Crippen LogP contribution >= 0.6 is 31.9 Å². The molecule has 0 heterocycles. The van der Waals surface area contributed by atoms with E-state index >= 15 is 0 Å². The highest BCUT2D eigenvalue weighted by atomic mass is 79.9. The van der Waals surface area contributed by atoms with Crippen molar-refractivity contribution in [2.24, 2.45) is 5.10 Å². The Morgan fingerprint density at radius 3 is 2.31 bits per heavy atom. The Kier molecular flexibility index (Phi) is 7.68. The first-order valence-corrected chi connectivity index (χ1v) is 10.6. The van der Waals surface area contributed by atoms with Gasteiger partial charge >= 0.3 is 6.18 Å². The number of hydrogen-bond acceptors (Lipinski definition) is 3. The van der Waals surface area contributed by atoms with Crippen LogP contribution in [0, 0.1) is 5.82 Å². The van der Waals surface area contributed by atoms with Gasteiger partial charge in [-0.2, -0.15) is 18.3 Å². The Balaban J connectivity index is 1.65. The number of carbonyl (C=O) groups is 1. The van der Waals surface area contributed by atoms with Crippen LogP contribution in [-0.2, 0) is 12.8 Å². The number of alkyl halides is 3. The zero-order chi connectivity index (χ0) is 23.3. The Hall–Kier alpha value is -2.72. The molecule has 3 rings (SSSR count). The first-order valence-electron chi connectivity index (χ1n) is 9.00. The smallest absolute Gasteiger partial charge is 0.416 e. The fourth-order valence-electron chi connectivity index (χ4n) is 2.59. The molecule has 0 saturated heterocycles. The highest BCUT2D eigenvalue weighted by molar-refractivity contribution is 9.11. The van der Waals surface area contributed by atoms with Crippen molar-refractivity contribution in [1.29, 1.82) is 0 Å². The minimum absolute atomic E-state index is 0.163. The van der Waals surface area contributed by atoms with Crippen LogP contribution in [0.3, 0.4) is 0 Å². The van der Waals surface area contributed by atoms with Crippen molar-refractivity contribution in [2.45, 2.75) is 12.8 Å². The molecule has 0 aliphatic rings. The number of hydrogen-bond donors (Lipinski definition) is 1. The lowest BCUT2D eigenvalue weighted by Crippen LogP contribution is -2.18. The monoisotopic (exact) mass is 572 g/mol. The zero-order valence-electron chi connectivity index (χ0n) is 16.1. The Morgan fingerprint density at radius 2 is 1.69 bits per heavy atom. The van der Waals surface area contributed by atoms with Gasteiger partial charge in [0, 0.05) is 5.56 Å². The van der Waals surface area contributed by atoms with Crippen LogP contribution in [0.5, 0.6) is 5.75 Å². The summed E-state index contributed by atoms with van der Waals surface area (Å²) in [7, 11) is 0. The van der Waals surface area contributed by atoms with E-state index in [1.54, 1.807) is 24.3 Å². The number of amides is 1. The van der Waals surface area contributed by atoms with Crippen LogP contribution < -0.4 is 10.2 Å². The van der Waals surface area contributed by atoms with Gasteiger partial charge in [-0.1, -0.05) is 18.2 Å². The maximum absolute atomic E-state index is 13.0. The fourth-order valence-corrected chi connectivity index (χ4v) is 4.05. The molecule has 10 heteroatoms. The maximum Gasteiger partial charge on any atom is 0.416 e. The minimum Gasteiger partial charge on any atom is -0.487 e. The van der Waals surface area contributed by atoms with Gasteiger partial charge < -0.3 is 4.74 Å². The van der Waals surface area contributed by atoms with E-state index in [2.05, 4.69) is 42.4 Å². The average Bonchev–Trinajstić information content (AvgIpc) is 2.74. The van der Waals surface area contributed by atoms with Gasteiger partial charge in [-0.3, -0.25) is 4.79 Å². The average molecular weight is 574 g/mol. The predicted octanol–water partition coefficient (Wildman–Crippen LogP) is 6.71. The molecule has 166 valence electrons. The molecule has 0 fully saturated rings. The molecular formula is C22H14Br2F4N2O2. The molecule has 3 aromatic carbocycles. The summed E-state index contributed by atoms with van der Waals surface area (Å²) >= 11 is 6.79. The lowest BCUT2D eigenvalue weighted by molar-refractivity contribution is -0.137. The number of ether oxygens (including phenoxy) is 1. The van der Waals surface area contributed by atoms with Crippen LogP contribution in [0.2, 0.25) is 0 Å². The largest absolute Gasteiger partial charge is 0.487 e. The van der Waals surface area contributed by atoms with E-state index in [9.17, 15) is 22.4 Å². The van der Waals surface area contributed by atoms with Gasteiger partial charge in [-0.05, 0) is 85.5 Å². The van der Waals surface area contributed by atoms with Crippen LogP contribution in [0.25, 0.3) is 0 Å². The molecule has 0 spiro atoms. The van der Waals surface area contributed by atoms with Gasteiger partial charge in [0.1, 0.15) is 18.2 Å². The predicted molar refractivity (Wildman–Crippen MR) is 119 cm³/mol. The molecule has 0 aliphatic carbocycles. The van der Waals surface area contributed by atoms with E-state index in [0.717, 1.165) is 23.8 Å². The van der Waals surface area contributed by atoms with E-state index in [1.807, 2.05) is 0 Å². The number of rotatable bonds is 6. The van der Waals surface area contributed by atoms with E-state index in [1.165, 1.54) is 24.4 Å². The van der Waals surface area contributed by atoms with E-state index in [4.69, 9.17) is 4.74 Å². The molecule has 0 saturated carbocycles. The summed E-state index contributed by atoms with van der Waals surface area (Å²) in [5.41, 5.74) is 2.49. The van der Waals surface area contributed by atoms with E-state index < -0.39 is 17.6 Å². The van der Waals surface area contributed by atoms with Gasteiger partial charge in [-0.15, -0.1) is 0 Å². The SMILES string of the molecule is O=C(N/N=C\c1cc(Br)c(OCc2ccc(F)cc2)c(Br)c1)c1cccc(C(F)(F)F)c1. The van der Waals surface area contributed by atoms with E-state index in [-0.39, 0.29) is 18.0 Å². The molecule has 0 unspecified atom stereocenters. The molecule has 0 bridgehead atoms. The first kappa shape index (κ1) is 23.9. The third-order valence-corrected chi connectivity index (χ3v) is 5.33. The Bertz CT molecular complexity index is 1130. The highest BCUT2D eigenvalue weighted by Crippen LogP contribution is 2.35. The van der Waals surface area contributed by atoms with Gasteiger partial charge in [0.25, 0.3) is 5.91 Å². The second kappa shape index (κ2) is 10.3. The van der Waals surface area contributed by atoms with Crippen molar-refractivity contribution in [3.63, 3.8) is 0 Å². The second-order valence-corrected chi connectivity index (χ2v) is 8.22. The number of halogens is 6. The standard InChI is InChI=1S/C22H14Br2F4N2O2/c23-18-8-14(9-19(24)20(18)32-12-13-4-6-17(25)7-5-13)11-29-30-21(31)15-2-1-3-16(10-15)22(26,27)28/h1-11H,12H2,(H,30,31)/b29-11-. The fraction of sp³-hybridized carbons (Fsp3) is 0.0909. The lowest BCUT2D eigenvalue weighted by atomic mass is 10.1. The third-order valence-electron chi connectivity index (χ3n) is 4.15. The molecule has 0 aromatic heterocycles. The Morgan fingerprint density at radius 1 is 1.03 bits per heavy atom. The molecule has 32 heavy (non-hydrogen) atoms. The maximum atomic E-state index is 13.0.